The van der Waals surface area contributed by atoms with Gasteiger partial charge in [0.25, 0.3) is 5.56 Å². The highest BCUT2D eigenvalue weighted by molar-refractivity contribution is 5.84. The van der Waals surface area contributed by atoms with Crippen molar-refractivity contribution in [3.05, 3.63) is 45.2 Å². The molecule has 0 N–H and O–H groups in total. The van der Waals surface area contributed by atoms with Crippen LogP contribution in [0.5, 0.6) is 0 Å². The van der Waals surface area contributed by atoms with Crippen molar-refractivity contribution in [3.8, 4) is 6.07 Å². The monoisotopic (exact) mass is 226 g/mol. The summed E-state index contributed by atoms with van der Waals surface area (Å²) in [6, 6.07) is 8.03. The topological polar surface area (TPSA) is 45.8 Å². The summed E-state index contributed by atoms with van der Waals surface area (Å²) in [5.41, 5.74) is 2.89. The summed E-state index contributed by atoms with van der Waals surface area (Å²) < 4.78 is 1.54. The Morgan fingerprint density at radius 3 is 2.71 bits per heavy atom. The van der Waals surface area contributed by atoms with Gasteiger partial charge in [0.2, 0.25) is 0 Å². The summed E-state index contributed by atoms with van der Waals surface area (Å²) in [7, 11) is 1.70. The van der Waals surface area contributed by atoms with E-state index in [2.05, 4.69) is 13.0 Å². The number of fused-ring (bicyclic) bond motifs is 1. The molecule has 0 saturated heterocycles. The number of nitrogens with zero attached hydrogens (tertiary/aromatic N) is 2. The Bertz CT molecular complexity index is 690. The first-order valence-electron chi connectivity index (χ1n) is 5.62. The van der Waals surface area contributed by atoms with Crippen molar-refractivity contribution in [2.75, 3.05) is 0 Å². The van der Waals surface area contributed by atoms with Crippen molar-refractivity contribution >= 4 is 10.9 Å². The lowest BCUT2D eigenvalue weighted by molar-refractivity contribution is 0.896. The largest absolute Gasteiger partial charge is 0.310 e. The smallest absolute Gasteiger partial charge is 0.268 e. The molecule has 0 radical (unpaired) electrons. The average Bonchev–Trinajstić information content (AvgIpc) is 2.36. The van der Waals surface area contributed by atoms with Gasteiger partial charge in [-0.2, -0.15) is 5.26 Å². The van der Waals surface area contributed by atoms with Gasteiger partial charge in [0, 0.05) is 12.4 Å². The fourth-order valence-electron chi connectivity index (χ4n) is 2.10. The van der Waals surface area contributed by atoms with Crippen molar-refractivity contribution in [3.63, 3.8) is 0 Å². The maximum Gasteiger partial charge on any atom is 0.268 e. The zero-order chi connectivity index (χ0) is 12.6. The third kappa shape index (κ3) is 1.62. The molecule has 86 valence electrons. The molecular weight excluding hydrogens is 212 g/mol. The van der Waals surface area contributed by atoms with Crippen LogP contribution in [0.2, 0.25) is 0 Å². The van der Waals surface area contributed by atoms with Crippen LogP contribution in [0.15, 0.2) is 23.0 Å². The van der Waals surface area contributed by atoms with Gasteiger partial charge in [-0.15, -0.1) is 0 Å². The first-order chi connectivity index (χ1) is 8.10. The number of aromatic nitrogens is 1. The first kappa shape index (κ1) is 11.4. The standard InChI is InChI=1S/C14H14N2O/c1-4-10-5-6-13-11(7-10)9(2)12(8-15)14(17)16(13)3/h5-7H,4H2,1-3H3. The van der Waals surface area contributed by atoms with Crippen molar-refractivity contribution in [2.24, 2.45) is 7.05 Å². The number of aryl methyl sites for hydroxylation is 3. The van der Waals surface area contributed by atoms with Gasteiger partial charge in [-0.3, -0.25) is 4.79 Å². The predicted molar refractivity (Wildman–Crippen MR) is 68.0 cm³/mol. The van der Waals surface area contributed by atoms with Gasteiger partial charge in [-0.1, -0.05) is 13.0 Å². The molecule has 0 spiro atoms. The predicted octanol–water partition coefficient (Wildman–Crippen LogP) is 2.28. The molecule has 1 heterocycles. The molecule has 0 atom stereocenters. The van der Waals surface area contributed by atoms with Crippen LogP contribution < -0.4 is 5.56 Å². The van der Waals surface area contributed by atoms with Gasteiger partial charge in [-0.05, 0) is 36.6 Å². The molecule has 2 rings (SSSR count). The molecule has 0 fully saturated rings. The van der Waals surface area contributed by atoms with E-state index in [1.54, 1.807) is 11.6 Å². The van der Waals surface area contributed by atoms with E-state index in [9.17, 15) is 4.79 Å². The van der Waals surface area contributed by atoms with E-state index in [4.69, 9.17) is 5.26 Å². The quantitative estimate of drug-likeness (QED) is 0.748. The van der Waals surface area contributed by atoms with E-state index < -0.39 is 0 Å². The van der Waals surface area contributed by atoms with Crippen molar-refractivity contribution in [1.82, 2.24) is 4.57 Å². The third-order valence-electron chi connectivity index (χ3n) is 3.24. The molecule has 1 aromatic carbocycles. The SMILES string of the molecule is CCc1ccc2c(c1)c(C)c(C#N)c(=O)n2C. The molecule has 0 bridgehead atoms. The minimum absolute atomic E-state index is 0.221. The van der Waals surface area contributed by atoms with Gasteiger partial charge >= 0.3 is 0 Å². The van der Waals surface area contributed by atoms with Crippen LogP contribution in [0.1, 0.15) is 23.6 Å². The fraction of sp³-hybridized carbons (Fsp3) is 0.286. The Hall–Kier alpha value is -2.08. The number of benzene rings is 1. The Morgan fingerprint density at radius 2 is 2.12 bits per heavy atom. The van der Waals surface area contributed by atoms with Crippen LogP contribution in [0, 0.1) is 18.3 Å². The van der Waals surface area contributed by atoms with Crippen molar-refractivity contribution < 1.29 is 0 Å². The van der Waals surface area contributed by atoms with Crippen LogP contribution in [0.3, 0.4) is 0 Å². The molecular formula is C14H14N2O. The minimum atomic E-state index is -0.221. The summed E-state index contributed by atoms with van der Waals surface area (Å²) in [4.78, 5) is 11.9. The molecule has 0 amide bonds. The lowest BCUT2D eigenvalue weighted by Gasteiger charge is -2.10. The molecule has 0 aliphatic heterocycles. The van der Waals surface area contributed by atoms with Gasteiger partial charge in [0.05, 0.1) is 5.52 Å². The molecule has 0 aliphatic rings. The summed E-state index contributed by atoms with van der Waals surface area (Å²) in [5, 5.41) is 10.0. The number of rotatable bonds is 1. The molecule has 0 aliphatic carbocycles. The van der Waals surface area contributed by atoms with Gasteiger partial charge in [-0.25, -0.2) is 0 Å². The average molecular weight is 226 g/mol. The number of hydrogen-bond donors (Lipinski definition) is 0. The second-order valence-corrected chi connectivity index (χ2v) is 4.18. The van der Waals surface area contributed by atoms with Crippen LogP contribution in [-0.2, 0) is 13.5 Å². The van der Waals surface area contributed by atoms with E-state index in [0.29, 0.717) is 0 Å². The normalized spacial score (nSPS) is 10.5. The van der Waals surface area contributed by atoms with Gasteiger partial charge in [0.1, 0.15) is 11.6 Å². The second-order valence-electron chi connectivity index (χ2n) is 4.18. The molecule has 17 heavy (non-hydrogen) atoms. The van der Waals surface area contributed by atoms with E-state index in [1.165, 1.54) is 5.56 Å². The van der Waals surface area contributed by atoms with E-state index in [-0.39, 0.29) is 11.1 Å². The first-order valence-corrected chi connectivity index (χ1v) is 5.62. The van der Waals surface area contributed by atoms with Gasteiger partial charge in [0.15, 0.2) is 0 Å². The van der Waals surface area contributed by atoms with Crippen LogP contribution in [-0.4, -0.2) is 4.57 Å². The summed E-state index contributed by atoms with van der Waals surface area (Å²) >= 11 is 0. The Labute approximate surface area is 99.9 Å². The Morgan fingerprint density at radius 1 is 1.41 bits per heavy atom. The Balaban J connectivity index is 3.00. The molecule has 3 heteroatoms. The third-order valence-corrected chi connectivity index (χ3v) is 3.24. The van der Waals surface area contributed by atoms with E-state index in [1.807, 2.05) is 25.1 Å². The van der Waals surface area contributed by atoms with E-state index in [0.717, 1.165) is 22.9 Å². The fourth-order valence-corrected chi connectivity index (χ4v) is 2.10. The number of nitriles is 1. The van der Waals surface area contributed by atoms with Crippen molar-refractivity contribution in [2.45, 2.75) is 20.3 Å². The van der Waals surface area contributed by atoms with E-state index >= 15 is 0 Å². The zero-order valence-electron chi connectivity index (χ0n) is 10.2. The van der Waals surface area contributed by atoms with Crippen LogP contribution in [0.25, 0.3) is 10.9 Å². The summed E-state index contributed by atoms with van der Waals surface area (Å²) in [6.07, 6.45) is 0.945. The molecule has 1 aromatic heterocycles. The highest BCUT2D eigenvalue weighted by atomic mass is 16.1. The number of pyridine rings is 1. The summed E-state index contributed by atoms with van der Waals surface area (Å²) in [6.45, 7) is 3.92. The minimum Gasteiger partial charge on any atom is -0.310 e. The Kier molecular flexibility index (Phi) is 2.72. The molecule has 3 nitrogen and oxygen atoms in total. The maximum absolute atomic E-state index is 11.9. The lowest BCUT2D eigenvalue weighted by Crippen LogP contribution is -2.21. The van der Waals surface area contributed by atoms with Gasteiger partial charge < -0.3 is 4.57 Å². The molecule has 0 saturated carbocycles. The summed E-state index contributed by atoms with van der Waals surface area (Å²) in [5.74, 6) is 0. The molecule has 2 aromatic rings. The number of hydrogen-bond acceptors (Lipinski definition) is 2. The second kappa shape index (κ2) is 4.06. The zero-order valence-corrected chi connectivity index (χ0v) is 10.2. The van der Waals surface area contributed by atoms with Crippen LogP contribution in [0.4, 0.5) is 0 Å². The highest BCUT2D eigenvalue weighted by Gasteiger charge is 2.11. The lowest BCUT2D eigenvalue weighted by atomic mass is 10.0. The highest BCUT2D eigenvalue weighted by Crippen LogP contribution is 2.20. The maximum atomic E-state index is 11.9. The van der Waals surface area contributed by atoms with Crippen molar-refractivity contribution in [1.29, 1.82) is 5.26 Å². The van der Waals surface area contributed by atoms with Crippen LogP contribution >= 0.6 is 0 Å². The molecule has 0 unspecified atom stereocenters.